The number of hydrogen-bond donors (Lipinski definition) is 1. The molecule has 1 aliphatic heterocycles. The summed E-state index contributed by atoms with van der Waals surface area (Å²) in [6.07, 6.45) is 2.06. The van der Waals surface area contributed by atoms with Crippen LogP contribution in [-0.4, -0.2) is 41.2 Å². The van der Waals surface area contributed by atoms with Crippen molar-refractivity contribution >= 4 is 40.1 Å². The molecule has 146 valence electrons. The minimum absolute atomic E-state index is 0.152. The Bertz CT molecular complexity index is 943. The number of nitrogens with zero attached hydrogens (tertiary/aromatic N) is 3. The molecule has 0 spiro atoms. The maximum atomic E-state index is 12.7. The number of rotatable bonds is 4. The minimum atomic E-state index is -0.152. The second-order valence-corrected chi connectivity index (χ2v) is 8.88. The summed E-state index contributed by atoms with van der Waals surface area (Å²) in [5.41, 5.74) is 1.42. The number of anilines is 2. The van der Waals surface area contributed by atoms with Crippen LogP contribution in [0.5, 0.6) is 0 Å². The molecule has 1 fully saturated rings. The molecule has 1 amide bonds. The topological polar surface area (TPSA) is 67.4 Å². The Hall–Kier alpha value is -2.29. The van der Waals surface area contributed by atoms with E-state index in [9.17, 15) is 4.79 Å². The van der Waals surface area contributed by atoms with Gasteiger partial charge in [0.15, 0.2) is 0 Å². The third kappa shape index (κ3) is 4.09. The maximum absolute atomic E-state index is 12.7. The second kappa shape index (κ2) is 7.98. The van der Waals surface area contributed by atoms with Crippen LogP contribution in [0.3, 0.4) is 0 Å². The summed E-state index contributed by atoms with van der Waals surface area (Å²) in [5.74, 6) is 0.745. The smallest absolute Gasteiger partial charge is 0.267 e. The minimum Gasteiger partial charge on any atom is -0.372 e. The molecule has 0 aromatic carbocycles. The highest BCUT2D eigenvalue weighted by Gasteiger charge is 2.23. The summed E-state index contributed by atoms with van der Waals surface area (Å²) >= 11 is 3.04. The molecule has 4 heterocycles. The zero-order valence-corrected chi connectivity index (χ0v) is 17.6. The molecule has 3 aromatic heterocycles. The van der Waals surface area contributed by atoms with Gasteiger partial charge < -0.3 is 15.0 Å². The van der Waals surface area contributed by atoms with Crippen LogP contribution < -0.4 is 10.2 Å². The van der Waals surface area contributed by atoms with E-state index in [0.717, 1.165) is 34.5 Å². The number of aromatic nitrogens is 2. The lowest BCUT2D eigenvalue weighted by Gasteiger charge is -2.36. The van der Waals surface area contributed by atoms with Crippen LogP contribution in [0.1, 0.15) is 29.2 Å². The Labute approximate surface area is 172 Å². The fourth-order valence-electron chi connectivity index (χ4n) is 3.31. The molecule has 1 N–H and O–H groups in total. The monoisotopic (exact) mass is 414 g/mol. The van der Waals surface area contributed by atoms with Gasteiger partial charge in [0.2, 0.25) is 0 Å². The normalized spacial score (nSPS) is 19.6. The molecule has 8 heteroatoms. The molecule has 6 nitrogen and oxygen atoms in total. The average molecular weight is 415 g/mol. The van der Waals surface area contributed by atoms with E-state index in [2.05, 4.69) is 34.0 Å². The third-order valence-electron chi connectivity index (χ3n) is 4.48. The molecule has 0 radical (unpaired) electrons. The second-order valence-electron chi connectivity index (χ2n) is 6.93. The molecule has 1 saturated heterocycles. The number of amides is 1. The molecule has 0 aliphatic carbocycles. The van der Waals surface area contributed by atoms with E-state index in [1.54, 1.807) is 17.5 Å². The predicted molar refractivity (Wildman–Crippen MR) is 115 cm³/mol. The maximum Gasteiger partial charge on any atom is 0.267 e. The van der Waals surface area contributed by atoms with Gasteiger partial charge in [-0.05, 0) is 44.4 Å². The Morgan fingerprint density at radius 1 is 1.25 bits per heavy atom. The van der Waals surface area contributed by atoms with Crippen molar-refractivity contribution in [3.05, 3.63) is 46.4 Å². The Kier molecular flexibility index (Phi) is 5.43. The van der Waals surface area contributed by atoms with Gasteiger partial charge in [0.25, 0.3) is 5.91 Å². The van der Waals surface area contributed by atoms with Gasteiger partial charge in [-0.1, -0.05) is 6.07 Å². The van der Waals surface area contributed by atoms with E-state index in [1.807, 2.05) is 36.6 Å². The number of ether oxygens (including phenoxy) is 1. The van der Waals surface area contributed by atoms with Gasteiger partial charge in [0.05, 0.1) is 34.7 Å². The van der Waals surface area contributed by atoms with Crippen molar-refractivity contribution < 1.29 is 9.53 Å². The zero-order chi connectivity index (χ0) is 19.7. The first-order valence-corrected chi connectivity index (χ1v) is 10.9. The average Bonchev–Trinajstić information content (AvgIpc) is 3.31. The van der Waals surface area contributed by atoms with Crippen molar-refractivity contribution in [3.8, 4) is 9.88 Å². The Balaban J connectivity index is 1.45. The van der Waals surface area contributed by atoms with Gasteiger partial charge in [0.1, 0.15) is 15.7 Å². The summed E-state index contributed by atoms with van der Waals surface area (Å²) in [7, 11) is 0. The van der Waals surface area contributed by atoms with E-state index in [0.29, 0.717) is 10.6 Å². The molecule has 1 aliphatic rings. The number of morpholine rings is 1. The third-order valence-corrected chi connectivity index (χ3v) is 6.68. The van der Waals surface area contributed by atoms with Crippen molar-refractivity contribution in [2.75, 3.05) is 23.3 Å². The van der Waals surface area contributed by atoms with Crippen LogP contribution in [-0.2, 0) is 4.74 Å². The fraction of sp³-hybridized carbons (Fsp3) is 0.350. The number of hydrogen-bond acceptors (Lipinski definition) is 7. The number of thiophene rings is 1. The van der Waals surface area contributed by atoms with E-state index in [-0.39, 0.29) is 18.1 Å². The van der Waals surface area contributed by atoms with Crippen molar-refractivity contribution in [3.63, 3.8) is 0 Å². The highest BCUT2D eigenvalue weighted by Crippen LogP contribution is 2.31. The number of thiazole rings is 1. The standard InChI is InChI=1S/C20H22N4O2S2/c1-12-10-24(11-13(2)26-12)17-7-6-15(9-21-17)23-19(25)18-14(3)22-20(28-18)16-5-4-8-27-16/h4-9,12-13H,10-11H2,1-3H3,(H,23,25)/t12-,13+. The van der Waals surface area contributed by atoms with Crippen LogP contribution >= 0.6 is 22.7 Å². The predicted octanol–water partition coefficient (Wildman–Crippen LogP) is 4.44. The Morgan fingerprint density at radius 2 is 2.04 bits per heavy atom. The molecule has 0 bridgehead atoms. The van der Waals surface area contributed by atoms with E-state index in [4.69, 9.17) is 4.74 Å². The first kappa shape index (κ1) is 19.0. The first-order chi connectivity index (χ1) is 13.5. The summed E-state index contributed by atoms with van der Waals surface area (Å²) in [6.45, 7) is 7.63. The molecule has 2 atom stereocenters. The van der Waals surface area contributed by atoms with Gasteiger partial charge >= 0.3 is 0 Å². The molecule has 0 unspecified atom stereocenters. The molecule has 3 aromatic rings. The van der Waals surface area contributed by atoms with Crippen LogP contribution in [0, 0.1) is 6.92 Å². The van der Waals surface area contributed by atoms with Gasteiger partial charge in [-0.15, -0.1) is 22.7 Å². The SMILES string of the molecule is Cc1nc(-c2cccs2)sc1C(=O)Nc1ccc(N2C[C@@H](C)O[C@@H](C)C2)nc1. The van der Waals surface area contributed by atoms with Crippen molar-refractivity contribution in [1.82, 2.24) is 9.97 Å². The number of carbonyl (C=O) groups excluding carboxylic acids is 1. The largest absolute Gasteiger partial charge is 0.372 e. The molecule has 0 saturated carbocycles. The van der Waals surface area contributed by atoms with Crippen LogP contribution in [0.4, 0.5) is 11.5 Å². The highest BCUT2D eigenvalue weighted by atomic mass is 32.1. The lowest BCUT2D eigenvalue weighted by Crippen LogP contribution is -2.45. The highest BCUT2D eigenvalue weighted by molar-refractivity contribution is 7.22. The summed E-state index contributed by atoms with van der Waals surface area (Å²) in [4.78, 5) is 25.7. The van der Waals surface area contributed by atoms with E-state index < -0.39 is 0 Å². The molecular formula is C20H22N4O2S2. The van der Waals surface area contributed by atoms with E-state index in [1.165, 1.54) is 11.3 Å². The number of aryl methyl sites for hydroxylation is 1. The van der Waals surface area contributed by atoms with Crippen molar-refractivity contribution in [1.29, 1.82) is 0 Å². The van der Waals surface area contributed by atoms with Gasteiger partial charge in [-0.3, -0.25) is 4.79 Å². The van der Waals surface area contributed by atoms with Gasteiger partial charge in [0, 0.05) is 13.1 Å². The molecular weight excluding hydrogens is 392 g/mol. The molecule has 4 rings (SSSR count). The summed E-state index contributed by atoms with van der Waals surface area (Å²) in [5, 5.41) is 5.82. The lowest BCUT2D eigenvalue weighted by molar-refractivity contribution is -0.00545. The summed E-state index contributed by atoms with van der Waals surface area (Å²) < 4.78 is 5.77. The number of pyridine rings is 1. The first-order valence-electron chi connectivity index (χ1n) is 9.18. The van der Waals surface area contributed by atoms with Crippen LogP contribution in [0.2, 0.25) is 0 Å². The van der Waals surface area contributed by atoms with Crippen molar-refractivity contribution in [2.45, 2.75) is 33.0 Å². The summed E-state index contributed by atoms with van der Waals surface area (Å²) in [6, 6.07) is 7.83. The van der Waals surface area contributed by atoms with Gasteiger partial charge in [-0.25, -0.2) is 9.97 Å². The lowest BCUT2D eigenvalue weighted by atomic mass is 10.2. The fourth-order valence-corrected chi connectivity index (χ4v) is 5.07. The van der Waals surface area contributed by atoms with Crippen molar-refractivity contribution in [2.24, 2.45) is 0 Å². The van der Waals surface area contributed by atoms with Crippen LogP contribution in [0.15, 0.2) is 35.8 Å². The molecule has 28 heavy (non-hydrogen) atoms. The number of nitrogens with one attached hydrogen (secondary N) is 1. The Morgan fingerprint density at radius 3 is 2.68 bits per heavy atom. The zero-order valence-electron chi connectivity index (χ0n) is 16.0. The van der Waals surface area contributed by atoms with E-state index >= 15 is 0 Å². The number of carbonyl (C=O) groups is 1. The van der Waals surface area contributed by atoms with Gasteiger partial charge in [-0.2, -0.15) is 0 Å². The van der Waals surface area contributed by atoms with Crippen LogP contribution in [0.25, 0.3) is 9.88 Å². The quantitative estimate of drug-likeness (QED) is 0.684.